The Bertz CT molecular complexity index is 1210. The van der Waals surface area contributed by atoms with Gasteiger partial charge >= 0.3 is 0 Å². The summed E-state index contributed by atoms with van der Waals surface area (Å²) in [4.78, 5) is 12.7. The van der Waals surface area contributed by atoms with Gasteiger partial charge in [0, 0.05) is 5.02 Å². The minimum atomic E-state index is -4.07. The maximum Gasteiger partial charge on any atom is 0.264 e. The molecule has 0 aromatic heterocycles. The standard InChI is InChI=1S/C24H24Cl2N2O4S/c1-17-12-18(2)14-20(13-17)32-11-10-27-24(29)16-28(23-15-19(25)8-9-22(23)26)33(30,31)21-6-4-3-5-7-21/h3-9,12-15H,10-11,16H2,1-2H3,(H,27,29). The van der Waals surface area contributed by atoms with Gasteiger partial charge in [0.05, 0.1) is 22.2 Å². The lowest BCUT2D eigenvalue weighted by Crippen LogP contribution is -2.42. The van der Waals surface area contributed by atoms with Gasteiger partial charge in [-0.05, 0) is 67.4 Å². The normalized spacial score (nSPS) is 11.2. The van der Waals surface area contributed by atoms with E-state index in [1.807, 2.05) is 32.0 Å². The van der Waals surface area contributed by atoms with Crippen LogP contribution in [0, 0.1) is 13.8 Å². The molecular formula is C24H24Cl2N2O4S. The number of amides is 1. The summed E-state index contributed by atoms with van der Waals surface area (Å²) in [6, 6.07) is 18.1. The molecule has 174 valence electrons. The summed E-state index contributed by atoms with van der Waals surface area (Å²) in [6.07, 6.45) is 0. The minimum Gasteiger partial charge on any atom is -0.492 e. The fourth-order valence-electron chi connectivity index (χ4n) is 3.26. The van der Waals surface area contributed by atoms with Gasteiger partial charge in [-0.25, -0.2) is 8.42 Å². The summed E-state index contributed by atoms with van der Waals surface area (Å²) >= 11 is 12.4. The van der Waals surface area contributed by atoms with E-state index < -0.39 is 22.5 Å². The summed E-state index contributed by atoms with van der Waals surface area (Å²) in [6.45, 7) is 3.92. The number of hydrogen-bond acceptors (Lipinski definition) is 4. The molecule has 9 heteroatoms. The summed E-state index contributed by atoms with van der Waals surface area (Å²) in [5.74, 6) is 0.204. The van der Waals surface area contributed by atoms with Gasteiger partial charge in [0.25, 0.3) is 10.0 Å². The van der Waals surface area contributed by atoms with Crippen molar-refractivity contribution in [1.82, 2.24) is 5.32 Å². The fourth-order valence-corrected chi connectivity index (χ4v) is 5.15. The van der Waals surface area contributed by atoms with Crippen LogP contribution in [-0.4, -0.2) is 34.0 Å². The second-order valence-corrected chi connectivity index (χ2v) is 10.1. The molecule has 0 spiro atoms. The Morgan fingerprint density at radius 3 is 2.30 bits per heavy atom. The Kier molecular flexibility index (Phi) is 8.24. The van der Waals surface area contributed by atoms with E-state index in [0.29, 0.717) is 10.8 Å². The molecule has 3 aromatic rings. The first kappa shape index (κ1) is 24.9. The predicted octanol–water partition coefficient (Wildman–Crippen LogP) is 5.00. The maximum absolute atomic E-state index is 13.3. The third-order valence-corrected chi connectivity index (χ3v) is 7.01. The molecule has 0 atom stereocenters. The number of anilines is 1. The first-order chi connectivity index (χ1) is 15.7. The molecule has 3 aromatic carbocycles. The highest BCUT2D eigenvalue weighted by atomic mass is 35.5. The van der Waals surface area contributed by atoms with E-state index in [4.69, 9.17) is 27.9 Å². The van der Waals surface area contributed by atoms with Gasteiger partial charge in [-0.1, -0.05) is 47.5 Å². The number of carbonyl (C=O) groups is 1. The van der Waals surface area contributed by atoms with E-state index in [-0.39, 0.29) is 28.8 Å². The van der Waals surface area contributed by atoms with Crippen LogP contribution in [0.15, 0.2) is 71.6 Å². The van der Waals surface area contributed by atoms with E-state index in [0.717, 1.165) is 15.4 Å². The number of rotatable bonds is 9. The smallest absolute Gasteiger partial charge is 0.264 e. The molecule has 0 fully saturated rings. The van der Waals surface area contributed by atoms with Crippen molar-refractivity contribution in [3.05, 3.63) is 87.9 Å². The number of benzene rings is 3. The molecule has 6 nitrogen and oxygen atoms in total. The average molecular weight is 507 g/mol. The number of nitrogens with one attached hydrogen (secondary N) is 1. The van der Waals surface area contributed by atoms with Crippen LogP contribution in [0.1, 0.15) is 11.1 Å². The van der Waals surface area contributed by atoms with Crippen LogP contribution < -0.4 is 14.4 Å². The molecule has 33 heavy (non-hydrogen) atoms. The SMILES string of the molecule is Cc1cc(C)cc(OCCNC(=O)CN(c2cc(Cl)ccc2Cl)S(=O)(=O)c2ccccc2)c1. The molecule has 0 aliphatic rings. The number of ether oxygens (including phenoxy) is 1. The van der Waals surface area contributed by atoms with Gasteiger partial charge in [-0.3, -0.25) is 9.10 Å². The second-order valence-electron chi connectivity index (χ2n) is 7.44. The van der Waals surface area contributed by atoms with Crippen LogP contribution in [0.25, 0.3) is 0 Å². The molecule has 0 saturated carbocycles. The molecule has 0 heterocycles. The van der Waals surface area contributed by atoms with Crippen molar-refractivity contribution in [2.75, 3.05) is 24.0 Å². The van der Waals surface area contributed by atoms with Crippen LogP contribution in [0.5, 0.6) is 5.75 Å². The second kappa shape index (κ2) is 10.9. The summed E-state index contributed by atoms with van der Waals surface area (Å²) < 4.78 is 33.3. The Morgan fingerprint density at radius 1 is 0.970 bits per heavy atom. The number of halogens is 2. The largest absolute Gasteiger partial charge is 0.492 e. The van der Waals surface area contributed by atoms with Crippen LogP contribution in [0.3, 0.4) is 0 Å². The summed E-state index contributed by atoms with van der Waals surface area (Å²) in [5.41, 5.74) is 2.28. The van der Waals surface area contributed by atoms with Crippen molar-refractivity contribution in [2.45, 2.75) is 18.7 Å². The van der Waals surface area contributed by atoms with Crippen LogP contribution in [0.2, 0.25) is 10.0 Å². The molecule has 0 saturated heterocycles. The van der Waals surface area contributed by atoms with Gasteiger partial charge in [-0.2, -0.15) is 0 Å². The van der Waals surface area contributed by atoms with Gasteiger partial charge < -0.3 is 10.1 Å². The van der Waals surface area contributed by atoms with Crippen molar-refractivity contribution in [2.24, 2.45) is 0 Å². The van der Waals surface area contributed by atoms with E-state index in [9.17, 15) is 13.2 Å². The van der Waals surface area contributed by atoms with Gasteiger partial charge in [0.15, 0.2) is 0 Å². The molecule has 0 unspecified atom stereocenters. The molecule has 0 bridgehead atoms. The van der Waals surface area contributed by atoms with E-state index in [1.165, 1.54) is 24.3 Å². The highest BCUT2D eigenvalue weighted by Gasteiger charge is 2.28. The van der Waals surface area contributed by atoms with Crippen LogP contribution in [0.4, 0.5) is 5.69 Å². The number of carbonyl (C=O) groups excluding carboxylic acids is 1. The van der Waals surface area contributed by atoms with Crippen molar-refractivity contribution in [1.29, 1.82) is 0 Å². The molecule has 0 aliphatic heterocycles. The topological polar surface area (TPSA) is 75.7 Å². The molecule has 0 aliphatic carbocycles. The molecule has 0 radical (unpaired) electrons. The first-order valence-electron chi connectivity index (χ1n) is 10.2. The third-order valence-electron chi connectivity index (χ3n) is 4.68. The van der Waals surface area contributed by atoms with E-state index >= 15 is 0 Å². The third kappa shape index (κ3) is 6.63. The summed E-state index contributed by atoms with van der Waals surface area (Å²) in [7, 11) is -4.07. The van der Waals surface area contributed by atoms with E-state index in [2.05, 4.69) is 5.32 Å². The zero-order chi connectivity index (χ0) is 24.0. The van der Waals surface area contributed by atoms with Crippen molar-refractivity contribution in [3.63, 3.8) is 0 Å². The lowest BCUT2D eigenvalue weighted by atomic mass is 10.1. The van der Waals surface area contributed by atoms with Gasteiger partial charge in [-0.15, -0.1) is 0 Å². The quantitative estimate of drug-likeness (QED) is 0.414. The number of aryl methyl sites for hydroxylation is 2. The number of sulfonamides is 1. The highest BCUT2D eigenvalue weighted by Crippen LogP contribution is 2.32. The lowest BCUT2D eigenvalue weighted by molar-refractivity contribution is -0.119. The Hall–Kier alpha value is -2.74. The average Bonchev–Trinajstić information content (AvgIpc) is 2.77. The van der Waals surface area contributed by atoms with Crippen LogP contribution in [-0.2, 0) is 14.8 Å². The molecule has 1 N–H and O–H groups in total. The van der Waals surface area contributed by atoms with Gasteiger partial charge in [0.2, 0.25) is 5.91 Å². The zero-order valence-corrected chi connectivity index (χ0v) is 20.5. The Labute approximate surface area is 204 Å². The molecule has 3 rings (SSSR count). The zero-order valence-electron chi connectivity index (χ0n) is 18.2. The minimum absolute atomic E-state index is 0.0343. The monoisotopic (exact) mass is 506 g/mol. The maximum atomic E-state index is 13.3. The van der Waals surface area contributed by atoms with Crippen LogP contribution >= 0.6 is 23.2 Å². The number of nitrogens with zero attached hydrogens (tertiary/aromatic N) is 1. The molecular weight excluding hydrogens is 483 g/mol. The van der Waals surface area contributed by atoms with Crippen molar-refractivity contribution in [3.8, 4) is 5.75 Å². The van der Waals surface area contributed by atoms with Crippen molar-refractivity contribution < 1.29 is 17.9 Å². The summed E-state index contributed by atoms with van der Waals surface area (Å²) in [5, 5.41) is 3.15. The molecule has 1 amide bonds. The fraction of sp³-hybridized carbons (Fsp3) is 0.208. The predicted molar refractivity (Wildman–Crippen MR) is 132 cm³/mol. The van der Waals surface area contributed by atoms with Gasteiger partial charge in [0.1, 0.15) is 18.9 Å². The highest BCUT2D eigenvalue weighted by molar-refractivity contribution is 7.92. The number of hydrogen-bond donors (Lipinski definition) is 1. The van der Waals surface area contributed by atoms with Crippen molar-refractivity contribution >= 4 is 44.8 Å². The van der Waals surface area contributed by atoms with E-state index in [1.54, 1.807) is 24.3 Å². The Balaban J connectivity index is 1.73. The first-order valence-corrected chi connectivity index (χ1v) is 12.4. The Morgan fingerprint density at radius 2 is 1.64 bits per heavy atom. The lowest BCUT2D eigenvalue weighted by Gasteiger charge is -2.25.